The first-order chi connectivity index (χ1) is 12.6. The van der Waals surface area contributed by atoms with Crippen LogP contribution in [-0.2, 0) is 20.1 Å². The van der Waals surface area contributed by atoms with Gasteiger partial charge in [0.15, 0.2) is 0 Å². The topological polar surface area (TPSA) is 77.6 Å². The lowest BCUT2D eigenvalue weighted by atomic mass is 10.1. The third kappa shape index (κ3) is 3.23. The lowest BCUT2D eigenvalue weighted by Gasteiger charge is -2.06. The zero-order valence-corrected chi connectivity index (χ0v) is 15.3. The Balaban J connectivity index is 1.39. The van der Waals surface area contributed by atoms with Crippen LogP contribution in [0.2, 0.25) is 0 Å². The van der Waals surface area contributed by atoms with E-state index in [1.165, 1.54) is 17.7 Å². The number of nitrogens with zero attached hydrogens (tertiary/aromatic N) is 5. The van der Waals surface area contributed by atoms with Crippen LogP contribution in [0.3, 0.4) is 0 Å². The molecular weight excluding hydrogens is 348 g/mol. The number of rotatable bonds is 5. The summed E-state index contributed by atoms with van der Waals surface area (Å²) in [6, 6.07) is 10.0. The number of nitrogens with one attached hydrogen (secondary N) is 1. The maximum atomic E-state index is 12.4. The van der Waals surface area contributed by atoms with Crippen LogP contribution in [0.1, 0.15) is 26.5 Å². The van der Waals surface area contributed by atoms with Crippen molar-refractivity contribution in [1.29, 1.82) is 0 Å². The van der Waals surface area contributed by atoms with Gasteiger partial charge in [0.1, 0.15) is 17.5 Å². The number of hydrogen-bond donors (Lipinski definition) is 1. The molecule has 26 heavy (non-hydrogen) atoms. The Bertz CT molecular complexity index is 1010. The first-order valence-electron chi connectivity index (χ1n) is 8.22. The molecule has 0 aliphatic rings. The van der Waals surface area contributed by atoms with Crippen LogP contribution in [0.25, 0.3) is 10.2 Å². The highest BCUT2D eigenvalue weighted by Crippen LogP contribution is 2.27. The van der Waals surface area contributed by atoms with Gasteiger partial charge in [-0.1, -0.05) is 24.3 Å². The average molecular weight is 366 g/mol. The van der Waals surface area contributed by atoms with E-state index in [0.29, 0.717) is 18.0 Å². The number of fused-ring (bicyclic) bond motifs is 1. The van der Waals surface area contributed by atoms with Gasteiger partial charge in [-0.2, -0.15) is 10.2 Å². The summed E-state index contributed by atoms with van der Waals surface area (Å²) in [6.07, 6.45) is 3.21. The number of aryl methyl sites for hydroxylation is 2. The van der Waals surface area contributed by atoms with Crippen molar-refractivity contribution in [2.45, 2.75) is 20.0 Å². The average Bonchev–Trinajstić information content (AvgIpc) is 3.34. The Morgan fingerprint density at radius 1 is 1.23 bits per heavy atom. The van der Waals surface area contributed by atoms with Crippen molar-refractivity contribution in [3.8, 4) is 0 Å². The molecule has 0 unspecified atom stereocenters. The second-order valence-electron chi connectivity index (χ2n) is 6.13. The van der Waals surface area contributed by atoms with E-state index in [0.717, 1.165) is 27.0 Å². The molecule has 132 valence electrons. The molecule has 0 saturated heterocycles. The predicted octanol–water partition coefficient (Wildman–Crippen LogP) is 2.51. The van der Waals surface area contributed by atoms with E-state index in [-0.39, 0.29) is 5.91 Å². The van der Waals surface area contributed by atoms with Gasteiger partial charge in [0.25, 0.3) is 5.91 Å². The van der Waals surface area contributed by atoms with Crippen LogP contribution in [0.15, 0.2) is 43.0 Å². The summed E-state index contributed by atoms with van der Waals surface area (Å²) in [5, 5.41) is 12.5. The third-order valence-corrected chi connectivity index (χ3v) is 5.41. The van der Waals surface area contributed by atoms with Gasteiger partial charge >= 0.3 is 0 Å². The van der Waals surface area contributed by atoms with Crippen LogP contribution in [-0.4, -0.2) is 30.5 Å². The summed E-state index contributed by atoms with van der Waals surface area (Å²) in [5.74, 6) is -0.0581. The molecule has 0 fully saturated rings. The highest BCUT2D eigenvalue weighted by molar-refractivity contribution is 7.20. The Morgan fingerprint density at radius 2 is 2.00 bits per heavy atom. The van der Waals surface area contributed by atoms with Crippen molar-refractivity contribution in [1.82, 2.24) is 29.9 Å². The molecule has 1 amide bonds. The quantitative estimate of drug-likeness (QED) is 0.589. The fraction of sp³-hybridized carbons (Fsp3) is 0.222. The minimum Gasteiger partial charge on any atom is -0.347 e. The highest BCUT2D eigenvalue weighted by atomic mass is 32.1. The molecule has 0 spiro atoms. The largest absolute Gasteiger partial charge is 0.347 e. The van der Waals surface area contributed by atoms with E-state index in [2.05, 4.69) is 20.5 Å². The molecule has 0 bridgehead atoms. The Morgan fingerprint density at radius 3 is 2.69 bits per heavy atom. The standard InChI is InChI=1S/C18H18N6OS/c1-12-15-7-16(26-18(15)23(2)22-12)17(25)20-8-13-3-5-14(6-4-13)9-24-11-19-10-21-24/h3-7,10-11H,8-9H2,1-2H3,(H,20,25). The number of aromatic nitrogens is 5. The van der Waals surface area contributed by atoms with E-state index in [1.54, 1.807) is 11.0 Å². The van der Waals surface area contributed by atoms with Gasteiger partial charge in [-0.25, -0.2) is 9.67 Å². The first-order valence-corrected chi connectivity index (χ1v) is 9.03. The van der Waals surface area contributed by atoms with Crippen molar-refractivity contribution >= 4 is 27.5 Å². The predicted molar refractivity (Wildman–Crippen MR) is 100 cm³/mol. The van der Waals surface area contributed by atoms with Crippen molar-refractivity contribution in [2.75, 3.05) is 0 Å². The van der Waals surface area contributed by atoms with E-state index >= 15 is 0 Å². The molecule has 0 atom stereocenters. The van der Waals surface area contributed by atoms with Gasteiger partial charge in [-0.05, 0) is 24.1 Å². The lowest BCUT2D eigenvalue weighted by molar-refractivity contribution is 0.0955. The first kappa shape index (κ1) is 16.5. The number of carbonyl (C=O) groups is 1. The molecule has 1 aromatic carbocycles. The zero-order chi connectivity index (χ0) is 18.1. The van der Waals surface area contributed by atoms with Crippen LogP contribution in [0, 0.1) is 6.92 Å². The van der Waals surface area contributed by atoms with Gasteiger partial charge in [0.05, 0.1) is 17.1 Å². The molecule has 0 radical (unpaired) electrons. The van der Waals surface area contributed by atoms with E-state index in [1.807, 2.05) is 49.0 Å². The summed E-state index contributed by atoms with van der Waals surface area (Å²) >= 11 is 1.47. The Kier molecular flexibility index (Phi) is 4.26. The third-order valence-electron chi connectivity index (χ3n) is 4.21. The Hall–Kier alpha value is -3.00. The van der Waals surface area contributed by atoms with Gasteiger partial charge in [0.2, 0.25) is 0 Å². The molecule has 4 rings (SSSR count). The summed E-state index contributed by atoms with van der Waals surface area (Å²) in [5.41, 5.74) is 3.14. The molecule has 3 heterocycles. The highest BCUT2D eigenvalue weighted by Gasteiger charge is 2.14. The van der Waals surface area contributed by atoms with Crippen molar-refractivity contribution in [2.24, 2.45) is 7.05 Å². The number of benzene rings is 1. The molecule has 0 saturated carbocycles. The second-order valence-corrected chi connectivity index (χ2v) is 7.16. The normalized spacial score (nSPS) is 11.2. The van der Waals surface area contributed by atoms with Crippen LogP contribution < -0.4 is 5.32 Å². The number of amides is 1. The second kappa shape index (κ2) is 6.72. The van der Waals surface area contributed by atoms with Crippen molar-refractivity contribution in [3.63, 3.8) is 0 Å². The van der Waals surface area contributed by atoms with Crippen LogP contribution in [0.4, 0.5) is 0 Å². The molecule has 3 aromatic heterocycles. The van der Waals surface area contributed by atoms with Gasteiger partial charge < -0.3 is 5.32 Å². The summed E-state index contributed by atoms with van der Waals surface area (Å²) in [6.45, 7) is 3.13. The zero-order valence-electron chi connectivity index (χ0n) is 14.5. The smallest absolute Gasteiger partial charge is 0.261 e. The van der Waals surface area contributed by atoms with Crippen LogP contribution in [0.5, 0.6) is 0 Å². The maximum Gasteiger partial charge on any atom is 0.261 e. The fourth-order valence-electron chi connectivity index (χ4n) is 2.85. The minimum absolute atomic E-state index is 0.0581. The van der Waals surface area contributed by atoms with E-state index < -0.39 is 0 Å². The molecule has 4 aromatic rings. The van der Waals surface area contributed by atoms with Gasteiger partial charge in [-0.3, -0.25) is 9.48 Å². The fourth-order valence-corrected chi connectivity index (χ4v) is 3.89. The molecule has 0 aliphatic carbocycles. The van der Waals surface area contributed by atoms with Crippen molar-refractivity contribution < 1.29 is 4.79 Å². The maximum absolute atomic E-state index is 12.4. The SMILES string of the molecule is Cc1nn(C)c2sc(C(=O)NCc3ccc(Cn4cncn4)cc3)cc12. The van der Waals surface area contributed by atoms with E-state index in [4.69, 9.17) is 0 Å². The summed E-state index contributed by atoms with van der Waals surface area (Å²) in [7, 11) is 1.90. The summed E-state index contributed by atoms with van der Waals surface area (Å²) < 4.78 is 3.59. The molecule has 7 nitrogen and oxygen atoms in total. The van der Waals surface area contributed by atoms with Gasteiger partial charge in [-0.15, -0.1) is 11.3 Å². The minimum atomic E-state index is -0.0581. The van der Waals surface area contributed by atoms with E-state index in [9.17, 15) is 4.79 Å². The number of carbonyl (C=O) groups excluding carboxylic acids is 1. The van der Waals surface area contributed by atoms with Crippen molar-refractivity contribution in [3.05, 3.63) is 64.7 Å². The monoisotopic (exact) mass is 366 g/mol. The lowest BCUT2D eigenvalue weighted by Crippen LogP contribution is -2.21. The molecule has 8 heteroatoms. The number of thiophene rings is 1. The molecule has 1 N–H and O–H groups in total. The Labute approximate surface area is 154 Å². The van der Waals surface area contributed by atoms with Gasteiger partial charge in [0, 0.05) is 19.0 Å². The molecule has 0 aliphatic heterocycles. The molecular formula is C18H18N6OS. The summed E-state index contributed by atoms with van der Waals surface area (Å²) in [4.78, 5) is 18.1. The number of hydrogen-bond acceptors (Lipinski definition) is 5. The van der Waals surface area contributed by atoms with Crippen LogP contribution >= 0.6 is 11.3 Å².